The summed E-state index contributed by atoms with van der Waals surface area (Å²) in [4.78, 5) is 19.4. The average molecular weight is 325 g/mol. The number of rotatable bonds is 2. The van der Waals surface area contributed by atoms with E-state index in [2.05, 4.69) is 28.0 Å². The molecule has 2 aromatic rings. The van der Waals surface area contributed by atoms with Crippen molar-refractivity contribution in [2.24, 2.45) is 5.41 Å². The topological polar surface area (TPSA) is 77.2 Å². The van der Waals surface area contributed by atoms with E-state index in [1.165, 1.54) is 49.2 Å². The highest BCUT2D eigenvalue weighted by molar-refractivity contribution is 5.53. The zero-order valence-corrected chi connectivity index (χ0v) is 14.1. The summed E-state index contributed by atoms with van der Waals surface area (Å²) in [7, 11) is 0. The molecule has 0 bridgehead atoms. The lowest BCUT2D eigenvalue weighted by Gasteiger charge is -2.51. The Morgan fingerprint density at radius 1 is 1.42 bits per heavy atom. The Morgan fingerprint density at radius 2 is 2.25 bits per heavy atom. The number of nitrogens with zero attached hydrogens (tertiary/aromatic N) is 4. The summed E-state index contributed by atoms with van der Waals surface area (Å²) in [5.74, 6) is 0. The highest BCUT2D eigenvalue weighted by atomic mass is 16.1. The summed E-state index contributed by atoms with van der Waals surface area (Å²) >= 11 is 0. The smallest absolute Gasteiger partial charge is 0.272 e. The molecule has 0 aromatic carbocycles. The molecule has 1 N–H and O–H groups in total. The fourth-order valence-electron chi connectivity index (χ4n) is 4.73. The van der Waals surface area contributed by atoms with Crippen LogP contribution < -0.4 is 5.56 Å². The summed E-state index contributed by atoms with van der Waals surface area (Å²) in [5, 5.41) is 12.0. The number of hydrogen-bond acceptors (Lipinski definition) is 4. The zero-order valence-electron chi connectivity index (χ0n) is 14.1. The van der Waals surface area contributed by atoms with Gasteiger partial charge in [0.15, 0.2) is 5.65 Å². The standard InChI is InChI=1S/C18H23N5O/c1-18-6-3-2-5-15(18)22(8-4-7-18)12-14-9-16(24)23-17(21-14)13(10-19)11-20-23/h9,11,15,20H,2-8,12H2,1H3. The second-order valence-electron chi connectivity index (χ2n) is 7.53. The van der Waals surface area contributed by atoms with Gasteiger partial charge in [-0.15, -0.1) is 0 Å². The summed E-state index contributed by atoms with van der Waals surface area (Å²) < 4.78 is 1.34. The van der Waals surface area contributed by atoms with Crippen molar-refractivity contribution >= 4 is 5.65 Å². The van der Waals surface area contributed by atoms with Crippen molar-refractivity contribution in [3.63, 3.8) is 0 Å². The number of likely N-dealkylation sites (tertiary alicyclic amines) is 1. The van der Waals surface area contributed by atoms with Gasteiger partial charge in [-0.2, -0.15) is 5.26 Å². The molecule has 1 aliphatic carbocycles. The minimum absolute atomic E-state index is 0.153. The van der Waals surface area contributed by atoms with Gasteiger partial charge < -0.3 is 0 Å². The third-order valence-electron chi connectivity index (χ3n) is 5.95. The first-order chi connectivity index (χ1) is 11.6. The largest absolute Gasteiger partial charge is 0.295 e. The van der Waals surface area contributed by atoms with Gasteiger partial charge in [0.1, 0.15) is 11.6 Å². The third kappa shape index (κ3) is 2.44. The molecular weight excluding hydrogens is 302 g/mol. The van der Waals surface area contributed by atoms with Crippen molar-refractivity contribution in [3.05, 3.63) is 33.9 Å². The van der Waals surface area contributed by atoms with Crippen molar-refractivity contribution in [2.45, 2.75) is 58.0 Å². The van der Waals surface area contributed by atoms with E-state index in [0.29, 0.717) is 29.2 Å². The van der Waals surface area contributed by atoms with E-state index in [1.54, 1.807) is 6.07 Å². The quantitative estimate of drug-likeness (QED) is 0.920. The summed E-state index contributed by atoms with van der Waals surface area (Å²) in [6, 6.07) is 4.27. The van der Waals surface area contributed by atoms with Gasteiger partial charge in [-0.25, -0.2) is 9.50 Å². The Balaban J connectivity index is 1.66. The van der Waals surface area contributed by atoms with Crippen LogP contribution in [0.4, 0.5) is 0 Å². The molecule has 0 spiro atoms. The molecule has 6 heteroatoms. The minimum atomic E-state index is -0.153. The molecular formula is C18H23N5O. The van der Waals surface area contributed by atoms with Gasteiger partial charge in [-0.05, 0) is 37.6 Å². The van der Waals surface area contributed by atoms with Gasteiger partial charge in [0.25, 0.3) is 5.56 Å². The molecule has 24 heavy (non-hydrogen) atoms. The van der Waals surface area contributed by atoms with Crippen LogP contribution in [0.1, 0.15) is 56.7 Å². The van der Waals surface area contributed by atoms with Crippen molar-refractivity contribution in [2.75, 3.05) is 6.54 Å². The fourth-order valence-corrected chi connectivity index (χ4v) is 4.73. The minimum Gasteiger partial charge on any atom is -0.295 e. The molecule has 126 valence electrons. The maximum atomic E-state index is 12.3. The van der Waals surface area contributed by atoms with E-state index in [-0.39, 0.29) is 5.56 Å². The molecule has 2 unspecified atom stereocenters. The molecule has 1 saturated heterocycles. The fraction of sp³-hybridized carbons (Fsp3) is 0.611. The molecule has 2 aliphatic rings. The maximum Gasteiger partial charge on any atom is 0.272 e. The van der Waals surface area contributed by atoms with E-state index in [4.69, 9.17) is 0 Å². The molecule has 2 fully saturated rings. The van der Waals surface area contributed by atoms with Crippen LogP contribution in [0.3, 0.4) is 0 Å². The van der Waals surface area contributed by atoms with Gasteiger partial charge in [0, 0.05) is 24.8 Å². The number of aromatic amines is 1. The SMILES string of the molecule is CC12CCCCC1N(Cc1cc(=O)n3[nH]cc(C#N)c3n1)CCC2. The van der Waals surface area contributed by atoms with Crippen LogP contribution in [-0.4, -0.2) is 32.1 Å². The lowest BCUT2D eigenvalue weighted by Crippen LogP contribution is -2.52. The van der Waals surface area contributed by atoms with E-state index in [1.807, 2.05) is 0 Å². The molecule has 1 saturated carbocycles. The number of nitrogens with one attached hydrogen (secondary N) is 1. The number of H-pyrrole nitrogens is 1. The van der Waals surface area contributed by atoms with Crippen molar-refractivity contribution < 1.29 is 0 Å². The van der Waals surface area contributed by atoms with Crippen molar-refractivity contribution in [1.82, 2.24) is 19.5 Å². The summed E-state index contributed by atoms with van der Waals surface area (Å²) in [6.45, 7) is 4.19. The monoisotopic (exact) mass is 325 g/mol. The number of fused-ring (bicyclic) bond motifs is 2. The number of hydrogen-bond donors (Lipinski definition) is 1. The maximum absolute atomic E-state index is 12.3. The highest BCUT2D eigenvalue weighted by Gasteiger charge is 2.42. The van der Waals surface area contributed by atoms with Crippen LogP contribution in [0.15, 0.2) is 17.1 Å². The van der Waals surface area contributed by atoms with Crippen LogP contribution in [0, 0.1) is 16.7 Å². The molecule has 6 nitrogen and oxygen atoms in total. The molecule has 0 radical (unpaired) electrons. The van der Waals surface area contributed by atoms with Crippen molar-refractivity contribution in [3.8, 4) is 6.07 Å². The number of piperidine rings is 1. The average Bonchev–Trinajstić information content (AvgIpc) is 2.98. The summed E-state index contributed by atoms with van der Waals surface area (Å²) in [5.41, 5.74) is 1.87. The van der Waals surface area contributed by atoms with Crippen LogP contribution in [0.2, 0.25) is 0 Å². The van der Waals surface area contributed by atoms with Crippen LogP contribution in [0.5, 0.6) is 0 Å². The van der Waals surface area contributed by atoms with Crippen molar-refractivity contribution in [1.29, 1.82) is 5.26 Å². The van der Waals surface area contributed by atoms with Gasteiger partial charge >= 0.3 is 0 Å². The number of nitriles is 1. The Hall–Kier alpha value is -2.13. The molecule has 0 amide bonds. The first-order valence-corrected chi connectivity index (χ1v) is 8.85. The second-order valence-corrected chi connectivity index (χ2v) is 7.53. The van der Waals surface area contributed by atoms with Gasteiger partial charge in [-0.3, -0.25) is 14.8 Å². The van der Waals surface area contributed by atoms with Gasteiger partial charge in [-0.1, -0.05) is 19.8 Å². The Morgan fingerprint density at radius 3 is 3.08 bits per heavy atom. The van der Waals surface area contributed by atoms with E-state index in [9.17, 15) is 10.1 Å². The second kappa shape index (κ2) is 5.75. The number of aromatic nitrogens is 3. The normalized spacial score (nSPS) is 27.8. The van der Waals surface area contributed by atoms with E-state index in [0.717, 1.165) is 12.2 Å². The molecule has 1 aliphatic heterocycles. The van der Waals surface area contributed by atoms with Crippen LogP contribution in [-0.2, 0) is 6.54 Å². The third-order valence-corrected chi connectivity index (χ3v) is 5.95. The highest BCUT2D eigenvalue weighted by Crippen LogP contribution is 2.45. The molecule has 3 heterocycles. The zero-order chi connectivity index (χ0) is 16.7. The predicted molar refractivity (Wildman–Crippen MR) is 90.5 cm³/mol. The first-order valence-electron chi connectivity index (χ1n) is 8.85. The molecule has 4 rings (SSSR count). The van der Waals surface area contributed by atoms with Gasteiger partial charge in [0.2, 0.25) is 0 Å². The van der Waals surface area contributed by atoms with Gasteiger partial charge in [0.05, 0.1) is 5.69 Å². The summed E-state index contributed by atoms with van der Waals surface area (Å²) in [6.07, 6.45) is 9.22. The Bertz CT molecular complexity index is 856. The lowest BCUT2D eigenvalue weighted by molar-refractivity contribution is -0.0121. The lowest BCUT2D eigenvalue weighted by atomic mass is 9.66. The van der Waals surface area contributed by atoms with Crippen LogP contribution >= 0.6 is 0 Å². The molecule has 2 atom stereocenters. The van der Waals surface area contributed by atoms with Crippen LogP contribution in [0.25, 0.3) is 5.65 Å². The van der Waals surface area contributed by atoms with E-state index < -0.39 is 0 Å². The predicted octanol–water partition coefficient (Wildman–Crippen LogP) is 2.44. The molecule has 2 aromatic heterocycles. The first kappa shape index (κ1) is 15.4. The Kier molecular flexibility index (Phi) is 3.69. The van der Waals surface area contributed by atoms with E-state index >= 15 is 0 Å². The Labute approximate surface area is 141 Å².